The number of hydrogen-bond donors (Lipinski definition) is 0. The number of carbonyl (C=O) groups excluding carboxylic acids is 1. The van der Waals surface area contributed by atoms with Crippen molar-refractivity contribution in [1.29, 1.82) is 0 Å². The van der Waals surface area contributed by atoms with Gasteiger partial charge >= 0.3 is 0 Å². The van der Waals surface area contributed by atoms with Crippen LogP contribution < -0.4 is 9.64 Å². The normalized spacial score (nSPS) is 19.8. The van der Waals surface area contributed by atoms with Crippen molar-refractivity contribution in [2.24, 2.45) is 0 Å². The first-order valence-electron chi connectivity index (χ1n) is 5.90. The molecule has 0 saturated heterocycles. The Morgan fingerprint density at radius 2 is 2.15 bits per heavy atom. The zero-order valence-electron chi connectivity index (χ0n) is 10.8. The minimum absolute atomic E-state index is 0.145. The predicted molar refractivity (Wildman–Crippen MR) is 77.9 cm³/mol. The van der Waals surface area contributed by atoms with Crippen LogP contribution in [0.25, 0.3) is 0 Å². The van der Waals surface area contributed by atoms with Crippen molar-refractivity contribution in [1.82, 2.24) is 0 Å². The van der Waals surface area contributed by atoms with E-state index in [0.29, 0.717) is 11.4 Å². The van der Waals surface area contributed by atoms with Gasteiger partial charge in [-0.3, -0.25) is 9.69 Å². The van der Waals surface area contributed by atoms with Crippen molar-refractivity contribution in [3.63, 3.8) is 0 Å². The van der Waals surface area contributed by atoms with Crippen LogP contribution in [-0.4, -0.2) is 39.1 Å². The molecule has 0 aromatic heterocycles. The minimum atomic E-state index is -3.27. The molecular formula is C13H14ClNO4S. The molecule has 0 fully saturated rings. The van der Waals surface area contributed by atoms with Crippen molar-refractivity contribution in [3.8, 4) is 5.75 Å². The van der Waals surface area contributed by atoms with E-state index in [1.54, 1.807) is 24.3 Å². The molecule has 7 heteroatoms. The SMILES string of the molecule is COc1ccccc1N(C(=O)CCl)C1C=CS(=O)(=O)C1. The summed E-state index contributed by atoms with van der Waals surface area (Å²) in [6.45, 7) is 0. The number of ether oxygens (including phenoxy) is 1. The van der Waals surface area contributed by atoms with Gasteiger partial charge in [-0.2, -0.15) is 0 Å². The van der Waals surface area contributed by atoms with E-state index in [1.165, 1.54) is 18.1 Å². The zero-order valence-corrected chi connectivity index (χ0v) is 12.4. The molecule has 2 rings (SSSR count). The molecule has 1 aromatic rings. The number of methoxy groups -OCH3 is 1. The molecule has 1 amide bonds. The van der Waals surface area contributed by atoms with Crippen molar-refractivity contribution in [3.05, 3.63) is 35.7 Å². The van der Waals surface area contributed by atoms with Gasteiger partial charge in [-0.25, -0.2) is 8.42 Å². The molecule has 0 aliphatic carbocycles. The number of halogens is 1. The Hall–Kier alpha value is -1.53. The van der Waals surface area contributed by atoms with Crippen LogP contribution in [0, 0.1) is 0 Å². The number of benzene rings is 1. The van der Waals surface area contributed by atoms with Crippen molar-refractivity contribution >= 4 is 33.0 Å². The largest absolute Gasteiger partial charge is 0.495 e. The molecule has 0 bridgehead atoms. The molecule has 20 heavy (non-hydrogen) atoms. The second-order valence-corrected chi connectivity index (χ2v) is 6.49. The Labute approximate surface area is 122 Å². The fraction of sp³-hybridized carbons (Fsp3) is 0.308. The number of para-hydroxylation sites is 2. The van der Waals surface area contributed by atoms with E-state index in [2.05, 4.69) is 0 Å². The maximum atomic E-state index is 12.1. The fourth-order valence-corrected chi connectivity index (χ4v) is 3.51. The van der Waals surface area contributed by atoms with E-state index in [1.807, 2.05) is 0 Å². The number of anilines is 1. The van der Waals surface area contributed by atoms with Gasteiger partial charge in [-0.15, -0.1) is 11.6 Å². The van der Waals surface area contributed by atoms with Gasteiger partial charge in [0.1, 0.15) is 11.6 Å². The Morgan fingerprint density at radius 1 is 1.45 bits per heavy atom. The summed E-state index contributed by atoms with van der Waals surface area (Å²) in [6.07, 6.45) is 1.49. The summed E-state index contributed by atoms with van der Waals surface area (Å²) >= 11 is 5.64. The van der Waals surface area contributed by atoms with Crippen LogP contribution in [0.15, 0.2) is 35.7 Å². The lowest BCUT2D eigenvalue weighted by molar-refractivity contribution is -0.116. The molecule has 108 valence electrons. The monoisotopic (exact) mass is 315 g/mol. The molecule has 1 aliphatic heterocycles. The lowest BCUT2D eigenvalue weighted by atomic mass is 10.2. The molecule has 0 saturated carbocycles. The fourth-order valence-electron chi connectivity index (χ4n) is 2.11. The molecule has 1 unspecified atom stereocenters. The smallest absolute Gasteiger partial charge is 0.242 e. The summed E-state index contributed by atoms with van der Waals surface area (Å²) in [7, 11) is -1.78. The highest BCUT2D eigenvalue weighted by Gasteiger charge is 2.32. The summed E-state index contributed by atoms with van der Waals surface area (Å²) < 4.78 is 28.3. The van der Waals surface area contributed by atoms with Crippen molar-refractivity contribution in [2.45, 2.75) is 6.04 Å². The van der Waals surface area contributed by atoms with E-state index < -0.39 is 15.9 Å². The third kappa shape index (κ3) is 2.96. The highest BCUT2D eigenvalue weighted by Crippen LogP contribution is 2.31. The number of nitrogens with zero attached hydrogens (tertiary/aromatic N) is 1. The number of amides is 1. The second-order valence-electron chi connectivity index (χ2n) is 4.29. The molecule has 1 aromatic carbocycles. The van der Waals surface area contributed by atoms with Gasteiger partial charge in [0.25, 0.3) is 0 Å². The van der Waals surface area contributed by atoms with Crippen molar-refractivity contribution < 1.29 is 17.9 Å². The topological polar surface area (TPSA) is 63.7 Å². The number of rotatable bonds is 4. The van der Waals surface area contributed by atoms with Crippen LogP contribution in [0.3, 0.4) is 0 Å². The Balaban J connectivity index is 2.44. The van der Waals surface area contributed by atoms with E-state index in [4.69, 9.17) is 16.3 Å². The first kappa shape index (κ1) is 14.9. The van der Waals surface area contributed by atoms with E-state index in [0.717, 1.165) is 5.41 Å². The van der Waals surface area contributed by atoms with Gasteiger partial charge in [0, 0.05) is 5.41 Å². The second kappa shape index (κ2) is 5.85. The van der Waals surface area contributed by atoms with E-state index >= 15 is 0 Å². The standard InChI is InChI=1S/C13H14ClNO4S/c1-19-12-5-3-2-4-11(12)15(13(16)8-14)10-6-7-20(17,18)9-10/h2-7,10H,8-9H2,1H3. The Morgan fingerprint density at radius 3 is 2.70 bits per heavy atom. The van der Waals surface area contributed by atoms with E-state index in [9.17, 15) is 13.2 Å². The molecule has 1 heterocycles. The maximum Gasteiger partial charge on any atom is 0.242 e. The Kier molecular flexibility index (Phi) is 4.35. The molecule has 0 N–H and O–H groups in total. The van der Waals surface area contributed by atoms with Gasteiger partial charge in [-0.1, -0.05) is 12.1 Å². The molecule has 0 spiro atoms. The van der Waals surface area contributed by atoms with Crippen molar-refractivity contribution in [2.75, 3.05) is 23.6 Å². The predicted octanol–water partition coefficient (Wildman–Crippen LogP) is 1.58. The summed E-state index contributed by atoms with van der Waals surface area (Å²) in [5.41, 5.74) is 0.507. The lowest BCUT2D eigenvalue weighted by Gasteiger charge is -2.28. The lowest BCUT2D eigenvalue weighted by Crippen LogP contribution is -2.42. The van der Waals surface area contributed by atoms with Crippen LogP contribution in [0.4, 0.5) is 5.69 Å². The summed E-state index contributed by atoms with van der Waals surface area (Å²) in [4.78, 5) is 13.5. The average Bonchev–Trinajstić information content (AvgIpc) is 2.79. The van der Waals surface area contributed by atoms with Crippen LogP contribution in [0.5, 0.6) is 5.75 Å². The number of alkyl halides is 1. The minimum Gasteiger partial charge on any atom is -0.495 e. The van der Waals surface area contributed by atoms with Gasteiger partial charge in [0.05, 0.1) is 24.6 Å². The first-order valence-corrected chi connectivity index (χ1v) is 8.15. The summed E-state index contributed by atoms with van der Waals surface area (Å²) in [5, 5.41) is 1.13. The number of carbonyl (C=O) groups is 1. The summed E-state index contributed by atoms with van der Waals surface area (Å²) in [6, 6.07) is 6.36. The van der Waals surface area contributed by atoms with Crippen LogP contribution >= 0.6 is 11.6 Å². The summed E-state index contributed by atoms with van der Waals surface area (Å²) in [5.74, 6) is -0.262. The maximum absolute atomic E-state index is 12.1. The molecule has 5 nitrogen and oxygen atoms in total. The third-order valence-corrected chi connectivity index (χ3v) is 4.58. The Bertz CT molecular complexity index is 642. The highest BCUT2D eigenvalue weighted by molar-refractivity contribution is 7.94. The first-order chi connectivity index (χ1) is 9.48. The number of sulfone groups is 1. The van der Waals surface area contributed by atoms with Crippen LogP contribution in [0.1, 0.15) is 0 Å². The number of hydrogen-bond acceptors (Lipinski definition) is 4. The molecule has 1 aliphatic rings. The highest BCUT2D eigenvalue weighted by atomic mass is 35.5. The van der Waals surface area contributed by atoms with Gasteiger partial charge < -0.3 is 4.74 Å². The van der Waals surface area contributed by atoms with Crippen LogP contribution in [-0.2, 0) is 14.6 Å². The zero-order chi connectivity index (χ0) is 14.8. The van der Waals surface area contributed by atoms with Gasteiger partial charge in [-0.05, 0) is 18.2 Å². The van der Waals surface area contributed by atoms with Gasteiger partial charge in [0.2, 0.25) is 5.91 Å². The third-order valence-electron chi connectivity index (χ3n) is 2.97. The molecular weight excluding hydrogens is 302 g/mol. The average molecular weight is 316 g/mol. The van der Waals surface area contributed by atoms with Gasteiger partial charge in [0.15, 0.2) is 9.84 Å². The van der Waals surface area contributed by atoms with E-state index in [-0.39, 0.29) is 17.5 Å². The quantitative estimate of drug-likeness (QED) is 0.791. The van der Waals surface area contributed by atoms with Crippen LogP contribution in [0.2, 0.25) is 0 Å². The molecule has 0 radical (unpaired) electrons. The molecule has 1 atom stereocenters.